The van der Waals surface area contributed by atoms with Crippen molar-refractivity contribution >= 4 is 10.9 Å². The van der Waals surface area contributed by atoms with Gasteiger partial charge in [0.05, 0.1) is 6.61 Å². The maximum absolute atomic E-state index is 13.0. The van der Waals surface area contributed by atoms with Crippen LogP contribution >= 0.6 is 0 Å². The number of hydrogen-bond donors (Lipinski definition) is 1. The molecule has 1 atom stereocenters. The molecule has 3 nitrogen and oxygen atoms in total. The largest absolute Gasteiger partial charge is 0.494 e. The number of alkyl halides is 3. The van der Waals surface area contributed by atoms with Crippen LogP contribution in [0, 0.1) is 0 Å². The number of H-pyrrole nitrogens is 1. The van der Waals surface area contributed by atoms with E-state index in [1.54, 1.807) is 0 Å². The first-order valence-corrected chi connectivity index (χ1v) is 8.01. The van der Waals surface area contributed by atoms with Crippen LogP contribution in [0.25, 0.3) is 10.9 Å². The molecule has 0 aliphatic rings. The lowest BCUT2D eigenvalue weighted by atomic mass is 10.1. The van der Waals surface area contributed by atoms with Crippen LogP contribution in [0.3, 0.4) is 0 Å². The first kappa shape index (κ1) is 18.4. The highest BCUT2D eigenvalue weighted by Crippen LogP contribution is 2.27. The molecule has 2 aromatic rings. The third kappa shape index (κ3) is 4.32. The van der Waals surface area contributed by atoms with Gasteiger partial charge in [-0.2, -0.15) is 13.2 Å². The lowest BCUT2D eigenvalue weighted by Gasteiger charge is -2.29. The molecular weight excluding hydrogens is 317 g/mol. The zero-order valence-corrected chi connectivity index (χ0v) is 14.0. The predicted molar refractivity (Wildman–Crippen MR) is 90.5 cm³/mol. The number of halogens is 3. The highest BCUT2D eigenvalue weighted by Gasteiger charge is 2.39. The number of nitrogens with one attached hydrogen (secondary N) is 1. The summed E-state index contributed by atoms with van der Waals surface area (Å²) in [5, 5.41) is 0.985. The fourth-order valence-electron chi connectivity index (χ4n) is 2.70. The van der Waals surface area contributed by atoms with Crippen molar-refractivity contribution in [2.75, 3.05) is 19.7 Å². The molecule has 2 rings (SSSR count). The van der Waals surface area contributed by atoms with E-state index in [0.717, 1.165) is 22.2 Å². The molecule has 1 unspecified atom stereocenters. The van der Waals surface area contributed by atoms with Gasteiger partial charge in [-0.3, -0.25) is 4.90 Å². The minimum atomic E-state index is -4.24. The number of nitrogens with zero attached hydrogens (tertiary/aromatic N) is 1. The van der Waals surface area contributed by atoms with Crippen molar-refractivity contribution in [2.24, 2.45) is 0 Å². The Balaban J connectivity index is 2.15. The monoisotopic (exact) mass is 340 g/mol. The number of hydrogen-bond acceptors (Lipinski definition) is 2. The third-order valence-corrected chi connectivity index (χ3v) is 4.10. The number of aromatic nitrogens is 1. The SMILES string of the molecule is C=CCN(CCc1c[nH]c2ccc(OCC)cc12)C(C)C(F)(F)F. The zero-order valence-electron chi connectivity index (χ0n) is 14.0. The molecule has 24 heavy (non-hydrogen) atoms. The molecule has 1 aromatic carbocycles. The summed E-state index contributed by atoms with van der Waals surface area (Å²) >= 11 is 0. The topological polar surface area (TPSA) is 28.3 Å². The van der Waals surface area contributed by atoms with Gasteiger partial charge in [-0.05, 0) is 44.0 Å². The number of aromatic amines is 1. The standard InChI is InChI=1S/C18H23F3N2O/c1-4-9-23(13(3)18(19,20)21)10-8-14-12-22-17-7-6-15(24-5-2)11-16(14)17/h4,6-7,11-13,22H,1,5,8-10H2,2-3H3. The van der Waals surface area contributed by atoms with Crippen LogP contribution in [0.2, 0.25) is 0 Å². The Morgan fingerprint density at radius 3 is 2.75 bits per heavy atom. The van der Waals surface area contributed by atoms with Gasteiger partial charge in [-0.25, -0.2) is 0 Å². The molecule has 0 amide bonds. The first-order chi connectivity index (χ1) is 11.4. The molecule has 0 saturated heterocycles. The maximum atomic E-state index is 13.0. The Hall–Kier alpha value is -1.95. The second-order valence-electron chi connectivity index (χ2n) is 5.71. The van der Waals surface area contributed by atoms with Crippen LogP contribution in [0.15, 0.2) is 37.1 Å². The lowest BCUT2D eigenvalue weighted by Crippen LogP contribution is -2.44. The molecule has 0 saturated carbocycles. The minimum absolute atomic E-state index is 0.202. The van der Waals surface area contributed by atoms with Crippen LogP contribution in [-0.2, 0) is 6.42 Å². The van der Waals surface area contributed by atoms with Gasteiger partial charge in [0.15, 0.2) is 0 Å². The summed E-state index contributed by atoms with van der Waals surface area (Å²) in [4.78, 5) is 4.54. The van der Waals surface area contributed by atoms with Crippen LogP contribution in [0.4, 0.5) is 13.2 Å². The van der Waals surface area contributed by atoms with E-state index in [1.165, 1.54) is 17.9 Å². The van der Waals surface area contributed by atoms with Gasteiger partial charge in [0, 0.05) is 30.2 Å². The molecule has 0 aliphatic carbocycles. The summed E-state index contributed by atoms with van der Waals surface area (Å²) in [5.41, 5.74) is 1.93. The molecule has 0 aliphatic heterocycles. The molecule has 0 radical (unpaired) electrons. The highest BCUT2D eigenvalue weighted by atomic mass is 19.4. The van der Waals surface area contributed by atoms with Crippen molar-refractivity contribution in [3.8, 4) is 5.75 Å². The summed E-state index contributed by atoms with van der Waals surface area (Å²) in [6.07, 6.45) is -0.370. The maximum Gasteiger partial charge on any atom is 0.403 e. The van der Waals surface area contributed by atoms with Gasteiger partial charge >= 0.3 is 6.18 Å². The Morgan fingerprint density at radius 2 is 2.12 bits per heavy atom. The van der Waals surface area contributed by atoms with Crippen molar-refractivity contribution in [1.82, 2.24) is 9.88 Å². The van der Waals surface area contributed by atoms with E-state index in [9.17, 15) is 13.2 Å². The van der Waals surface area contributed by atoms with E-state index in [-0.39, 0.29) is 6.54 Å². The highest BCUT2D eigenvalue weighted by molar-refractivity contribution is 5.84. The van der Waals surface area contributed by atoms with Crippen LogP contribution in [0.1, 0.15) is 19.4 Å². The Bertz CT molecular complexity index is 678. The number of benzene rings is 1. The van der Waals surface area contributed by atoms with E-state index in [0.29, 0.717) is 19.6 Å². The second-order valence-corrected chi connectivity index (χ2v) is 5.71. The van der Waals surface area contributed by atoms with E-state index in [2.05, 4.69) is 11.6 Å². The first-order valence-electron chi connectivity index (χ1n) is 8.01. The van der Waals surface area contributed by atoms with Gasteiger partial charge < -0.3 is 9.72 Å². The molecule has 1 N–H and O–H groups in total. The summed E-state index contributed by atoms with van der Waals surface area (Å²) < 4.78 is 44.4. The normalized spacial score (nSPS) is 13.4. The third-order valence-electron chi connectivity index (χ3n) is 4.10. The van der Waals surface area contributed by atoms with E-state index in [4.69, 9.17) is 4.74 Å². The van der Waals surface area contributed by atoms with E-state index in [1.807, 2.05) is 31.3 Å². The van der Waals surface area contributed by atoms with Crippen molar-refractivity contribution in [3.05, 3.63) is 42.6 Å². The molecular formula is C18H23F3N2O. The Morgan fingerprint density at radius 1 is 1.38 bits per heavy atom. The second kappa shape index (κ2) is 7.75. The van der Waals surface area contributed by atoms with Gasteiger partial charge in [-0.1, -0.05) is 6.08 Å². The van der Waals surface area contributed by atoms with Crippen LogP contribution in [0.5, 0.6) is 5.75 Å². The molecule has 0 bridgehead atoms. The molecule has 6 heteroatoms. The van der Waals surface area contributed by atoms with Gasteiger partial charge in [0.1, 0.15) is 11.8 Å². The van der Waals surface area contributed by atoms with E-state index >= 15 is 0 Å². The van der Waals surface area contributed by atoms with Crippen molar-refractivity contribution in [2.45, 2.75) is 32.5 Å². The molecule has 132 valence electrons. The Labute approximate surface area is 140 Å². The average Bonchev–Trinajstić information content (AvgIpc) is 2.92. The average molecular weight is 340 g/mol. The predicted octanol–water partition coefficient (Wildman–Crippen LogP) is 4.55. The van der Waals surface area contributed by atoms with Crippen molar-refractivity contribution in [3.63, 3.8) is 0 Å². The Kier molecular flexibility index (Phi) is 5.94. The summed E-state index contributed by atoms with van der Waals surface area (Å²) in [6, 6.07) is 4.22. The molecule has 1 heterocycles. The molecule has 0 fully saturated rings. The van der Waals surface area contributed by atoms with Crippen molar-refractivity contribution in [1.29, 1.82) is 0 Å². The van der Waals surface area contributed by atoms with Gasteiger partial charge in [-0.15, -0.1) is 6.58 Å². The smallest absolute Gasteiger partial charge is 0.403 e. The quantitative estimate of drug-likeness (QED) is 0.714. The zero-order chi connectivity index (χ0) is 17.7. The fourth-order valence-corrected chi connectivity index (χ4v) is 2.70. The van der Waals surface area contributed by atoms with Crippen LogP contribution < -0.4 is 4.74 Å². The van der Waals surface area contributed by atoms with E-state index < -0.39 is 12.2 Å². The molecule has 0 spiro atoms. The molecule has 1 aromatic heterocycles. The van der Waals surface area contributed by atoms with Crippen molar-refractivity contribution < 1.29 is 17.9 Å². The summed E-state index contributed by atoms with van der Waals surface area (Å²) in [6.45, 7) is 7.73. The number of rotatable bonds is 8. The summed E-state index contributed by atoms with van der Waals surface area (Å²) in [5.74, 6) is 0.762. The number of ether oxygens (including phenoxy) is 1. The van der Waals surface area contributed by atoms with Gasteiger partial charge in [0.2, 0.25) is 0 Å². The lowest BCUT2D eigenvalue weighted by molar-refractivity contribution is -0.177. The summed E-state index contributed by atoms with van der Waals surface area (Å²) in [7, 11) is 0. The van der Waals surface area contributed by atoms with Crippen LogP contribution in [-0.4, -0.2) is 41.8 Å². The van der Waals surface area contributed by atoms with Gasteiger partial charge in [0.25, 0.3) is 0 Å². The fraction of sp³-hybridized carbons (Fsp3) is 0.444. The minimum Gasteiger partial charge on any atom is -0.494 e. The number of fused-ring (bicyclic) bond motifs is 1.